The van der Waals surface area contributed by atoms with E-state index in [1.165, 1.54) is 0 Å². The molecule has 3 heteroatoms. The molecular weight excluding hydrogens is 108 g/mol. The zero-order valence-corrected chi connectivity index (χ0v) is 5.04. The maximum Gasteiger partial charge on any atom is 0.301 e. The van der Waals surface area contributed by atoms with E-state index in [4.69, 9.17) is 6.82 Å². The van der Waals surface area contributed by atoms with Gasteiger partial charge in [0.1, 0.15) is 0 Å². The standard InChI is InChI=1S/C4H10N2S/c5-4(6)2-1-3-7/h7H,1-3H2,(H3,5,6)/p+1/i/hD. The Labute approximate surface area is 50.5 Å². The van der Waals surface area contributed by atoms with Crippen molar-refractivity contribution in [3.05, 3.63) is 0 Å². The lowest BCUT2D eigenvalue weighted by Gasteiger charge is -1.84. The summed E-state index contributed by atoms with van der Waals surface area (Å²) in [5.41, 5.74) is 2.11. The Morgan fingerprint density at radius 2 is 2.71 bits per heavy atom. The lowest BCUT2D eigenvalue weighted by atomic mass is 10.3. The summed E-state index contributed by atoms with van der Waals surface area (Å²) >= 11 is 3.98. The molecule has 0 aliphatic rings. The molecule has 0 aromatic carbocycles. The normalized spacial score (nSPS) is 10.1. The number of thiol groups is 1. The van der Waals surface area contributed by atoms with E-state index in [-0.39, 0.29) is 0 Å². The van der Waals surface area contributed by atoms with E-state index in [0.29, 0.717) is 5.84 Å². The number of nitrogens with two attached hydrogens (primary N) is 2. The summed E-state index contributed by atoms with van der Waals surface area (Å²) in [7, 11) is 0. The van der Waals surface area contributed by atoms with Gasteiger partial charge in [-0.3, -0.25) is 11.1 Å². The highest BCUT2D eigenvalue weighted by Gasteiger charge is 1.90. The van der Waals surface area contributed by atoms with Crippen LogP contribution in [0.3, 0.4) is 0 Å². The molecule has 0 atom stereocenters. The monoisotopic (exact) mass is 120 g/mol. The summed E-state index contributed by atoms with van der Waals surface area (Å²) in [5.74, 6) is 1.33. The van der Waals surface area contributed by atoms with Gasteiger partial charge in [0, 0.05) is 6.42 Å². The smallest absolute Gasteiger partial charge is 0.291 e. The highest BCUT2D eigenvalue weighted by atomic mass is 32.1. The molecule has 0 unspecified atom stereocenters. The van der Waals surface area contributed by atoms with E-state index in [0.717, 1.165) is 18.6 Å². The van der Waals surface area contributed by atoms with Crippen LogP contribution in [0.25, 0.3) is 0 Å². The molecule has 0 aliphatic heterocycles. The number of amidine groups is 1. The summed E-state index contributed by atoms with van der Waals surface area (Å²) in [4.78, 5) is 0. The van der Waals surface area contributed by atoms with Crippen molar-refractivity contribution in [1.82, 2.24) is 0 Å². The predicted octanol–water partition coefficient (Wildman–Crippen LogP) is -1.19. The number of rotatable bonds is 3. The molecule has 0 fully saturated rings. The molecule has 0 radical (unpaired) electrons. The minimum absolute atomic E-state index is 0.513. The van der Waals surface area contributed by atoms with E-state index < -0.39 is 0 Å². The van der Waals surface area contributed by atoms with Gasteiger partial charge in [0.2, 0.25) is 5.84 Å². The fourth-order valence-electron chi connectivity index (χ4n) is 0.270. The Hall–Kier alpha value is -0.180. The second-order valence-corrected chi connectivity index (χ2v) is 1.80. The van der Waals surface area contributed by atoms with Crippen LogP contribution in [0.5, 0.6) is 0 Å². The van der Waals surface area contributed by atoms with Crippen LogP contribution >= 0.6 is 12.6 Å². The molecule has 0 heterocycles. The molecule has 0 amide bonds. The van der Waals surface area contributed by atoms with Crippen molar-refractivity contribution in [2.24, 2.45) is 5.73 Å². The van der Waals surface area contributed by atoms with Crippen LogP contribution in [0.4, 0.5) is 0 Å². The van der Waals surface area contributed by atoms with Crippen molar-refractivity contribution >= 4 is 18.5 Å². The highest BCUT2D eigenvalue weighted by Crippen LogP contribution is 1.86. The van der Waals surface area contributed by atoms with Gasteiger partial charge in [-0.15, -0.1) is 0 Å². The van der Waals surface area contributed by atoms with Crippen LogP contribution in [0.2, 0.25) is 1.41 Å². The maximum atomic E-state index is 6.55. The summed E-state index contributed by atoms with van der Waals surface area (Å²) in [5, 5.41) is 5.24. The molecule has 0 aromatic heterocycles. The quantitative estimate of drug-likeness (QED) is 0.245. The van der Waals surface area contributed by atoms with Gasteiger partial charge in [-0.25, -0.2) is 0 Å². The zero-order chi connectivity index (χ0) is 6.41. The summed E-state index contributed by atoms with van der Waals surface area (Å²) in [6.45, 7) is 0. The molecule has 0 saturated heterocycles. The molecule has 0 rings (SSSR count). The molecule has 0 aromatic rings. The maximum absolute atomic E-state index is 6.55. The topological polar surface area (TPSA) is 51.6 Å². The fraction of sp³-hybridized carbons (Fsp3) is 0.750. The Morgan fingerprint density at radius 1 is 2.00 bits per heavy atom. The molecule has 7 heavy (non-hydrogen) atoms. The zero-order valence-electron chi connectivity index (χ0n) is 5.15. The average Bonchev–Trinajstić information content (AvgIpc) is 1.83. The summed E-state index contributed by atoms with van der Waals surface area (Å²) < 4.78 is 6.55. The Kier molecular flexibility index (Phi) is 2.83. The van der Waals surface area contributed by atoms with Crippen molar-refractivity contribution < 1.29 is 6.82 Å². The van der Waals surface area contributed by atoms with Crippen LogP contribution in [0.15, 0.2) is 0 Å². The van der Waals surface area contributed by atoms with Crippen molar-refractivity contribution in [2.45, 2.75) is 12.8 Å². The van der Waals surface area contributed by atoms with E-state index in [2.05, 4.69) is 18.4 Å². The van der Waals surface area contributed by atoms with Gasteiger partial charge in [-0.2, -0.15) is 12.6 Å². The van der Waals surface area contributed by atoms with Crippen molar-refractivity contribution in [2.75, 3.05) is 5.75 Å². The second kappa shape index (κ2) is 3.99. The molecule has 4 N–H and O–H groups in total. The summed E-state index contributed by atoms with van der Waals surface area (Å²) in [6.07, 6.45) is 1.67. The largest absolute Gasteiger partial charge is 0.301 e. The first-order valence-corrected chi connectivity index (χ1v) is 2.84. The average molecular weight is 120 g/mol. The van der Waals surface area contributed by atoms with Crippen LogP contribution in [-0.2, 0) is 0 Å². The number of hydrogen-bond donors (Lipinski definition) is 3. The molecule has 0 spiro atoms. The third-order valence-electron chi connectivity index (χ3n) is 0.604. The highest BCUT2D eigenvalue weighted by molar-refractivity contribution is 7.80. The van der Waals surface area contributed by atoms with Gasteiger partial charge >= 0.3 is 1.41 Å². The first-order valence-electron chi connectivity index (χ1n) is 2.71. The van der Waals surface area contributed by atoms with E-state index in [1.54, 1.807) is 0 Å². The Bertz CT molecular complexity index is 76.4. The first-order chi connectivity index (χ1) is 3.81. The fourth-order valence-corrected chi connectivity index (χ4v) is 0.428. The van der Waals surface area contributed by atoms with E-state index in [1.807, 2.05) is 0 Å². The third-order valence-corrected chi connectivity index (χ3v) is 0.920. The van der Waals surface area contributed by atoms with Crippen LogP contribution in [0, 0.1) is 0 Å². The molecule has 42 valence electrons. The lowest BCUT2D eigenvalue weighted by molar-refractivity contribution is -0.118. The van der Waals surface area contributed by atoms with E-state index >= 15 is 0 Å². The van der Waals surface area contributed by atoms with Crippen molar-refractivity contribution in [3.8, 4) is 0 Å². The van der Waals surface area contributed by atoms with Crippen molar-refractivity contribution in [3.63, 3.8) is 0 Å². The van der Waals surface area contributed by atoms with Gasteiger partial charge in [-0.1, -0.05) is 0 Å². The SMILES string of the molecule is [2H]NC(=[NH2+])CCCS. The third kappa shape index (κ3) is 5.82. The number of hydrogen-bond acceptors (Lipinski definition) is 1. The van der Waals surface area contributed by atoms with Gasteiger partial charge < -0.3 is 0 Å². The Balaban J connectivity index is 2.99. The Morgan fingerprint density at radius 3 is 3.14 bits per heavy atom. The van der Waals surface area contributed by atoms with Gasteiger partial charge in [0.15, 0.2) is 0 Å². The van der Waals surface area contributed by atoms with Crippen molar-refractivity contribution in [1.29, 1.82) is 0 Å². The molecule has 2 nitrogen and oxygen atoms in total. The second-order valence-electron chi connectivity index (χ2n) is 1.35. The van der Waals surface area contributed by atoms with Gasteiger partial charge in [-0.05, 0) is 12.2 Å². The van der Waals surface area contributed by atoms with Gasteiger partial charge in [0.05, 0.1) is 0 Å². The van der Waals surface area contributed by atoms with E-state index in [9.17, 15) is 0 Å². The predicted molar refractivity (Wildman–Crippen MR) is 34.2 cm³/mol. The molecule has 0 bridgehead atoms. The minimum Gasteiger partial charge on any atom is -0.291 e. The first kappa shape index (κ1) is 4.97. The minimum atomic E-state index is 0.513. The van der Waals surface area contributed by atoms with Crippen LogP contribution < -0.4 is 11.1 Å². The molecule has 0 saturated carbocycles. The van der Waals surface area contributed by atoms with Crippen LogP contribution in [0.1, 0.15) is 12.8 Å². The lowest BCUT2D eigenvalue weighted by Crippen LogP contribution is -2.45. The van der Waals surface area contributed by atoms with Gasteiger partial charge in [0.25, 0.3) is 0 Å². The molecule has 0 aliphatic carbocycles. The summed E-state index contributed by atoms with van der Waals surface area (Å²) in [6, 6.07) is 0. The molecular formula is C4H11N2S+. The van der Waals surface area contributed by atoms with Crippen LogP contribution in [-0.4, -0.2) is 11.6 Å².